The number of fused-ring (bicyclic) bond motifs is 1. The Morgan fingerprint density at radius 3 is 2.77 bits per heavy atom. The van der Waals surface area contributed by atoms with Crippen LogP contribution >= 0.6 is 0 Å². The molecule has 1 aromatic heterocycles. The van der Waals surface area contributed by atoms with Crippen molar-refractivity contribution in [3.8, 4) is 5.75 Å². The number of hydrogen-bond donors (Lipinski definition) is 2. The van der Waals surface area contributed by atoms with Crippen LogP contribution in [0.3, 0.4) is 0 Å². The van der Waals surface area contributed by atoms with Crippen molar-refractivity contribution in [2.45, 2.75) is 51.7 Å². The lowest BCUT2D eigenvalue weighted by Gasteiger charge is -2.30. The lowest BCUT2D eigenvalue weighted by atomic mass is 10.0. The van der Waals surface area contributed by atoms with Crippen LogP contribution in [0.1, 0.15) is 49.4 Å². The highest BCUT2D eigenvalue weighted by Gasteiger charge is 2.26. The molecule has 2 aliphatic rings. The highest BCUT2D eigenvalue weighted by atomic mass is 16.5. The highest BCUT2D eigenvalue weighted by Crippen LogP contribution is 2.31. The van der Waals surface area contributed by atoms with E-state index in [0.29, 0.717) is 6.54 Å². The zero-order valence-corrected chi connectivity index (χ0v) is 18.1. The third-order valence-electron chi connectivity index (χ3n) is 5.95. The minimum absolute atomic E-state index is 0.241. The molecule has 2 aliphatic heterocycles. The van der Waals surface area contributed by atoms with Crippen molar-refractivity contribution in [2.75, 3.05) is 33.3 Å². The van der Waals surface area contributed by atoms with Gasteiger partial charge in [-0.05, 0) is 45.3 Å². The van der Waals surface area contributed by atoms with Gasteiger partial charge in [0.2, 0.25) is 0 Å². The fourth-order valence-corrected chi connectivity index (χ4v) is 4.44. The largest absolute Gasteiger partial charge is 0.496 e. The first-order chi connectivity index (χ1) is 14.8. The standard InChI is InChI=1S/C22H33N7O/c1-3-23-22(25-16-21-27-26-20-11-8-14-29(20)21)24-15-18(28-12-6-7-13-28)17-9-4-5-10-19(17)30-2/h4-5,9-10,18H,3,6-8,11-16H2,1-2H3,(H2,23,24,25). The van der Waals surface area contributed by atoms with Gasteiger partial charge in [0, 0.05) is 31.6 Å². The van der Waals surface area contributed by atoms with Gasteiger partial charge < -0.3 is 19.9 Å². The summed E-state index contributed by atoms with van der Waals surface area (Å²) in [5.41, 5.74) is 1.22. The summed E-state index contributed by atoms with van der Waals surface area (Å²) in [6.07, 6.45) is 4.66. The molecule has 1 atom stereocenters. The van der Waals surface area contributed by atoms with Gasteiger partial charge in [0.05, 0.1) is 13.2 Å². The van der Waals surface area contributed by atoms with E-state index in [1.54, 1.807) is 7.11 Å². The van der Waals surface area contributed by atoms with E-state index in [-0.39, 0.29) is 6.04 Å². The van der Waals surface area contributed by atoms with Gasteiger partial charge in [0.1, 0.15) is 18.1 Å². The number of rotatable bonds is 8. The second-order valence-corrected chi connectivity index (χ2v) is 7.86. The van der Waals surface area contributed by atoms with Crippen LogP contribution in [0, 0.1) is 0 Å². The van der Waals surface area contributed by atoms with Gasteiger partial charge in [-0.3, -0.25) is 4.90 Å². The Morgan fingerprint density at radius 2 is 1.97 bits per heavy atom. The van der Waals surface area contributed by atoms with Crippen molar-refractivity contribution < 1.29 is 4.74 Å². The molecule has 1 saturated heterocycles. The molecule has 8 heteroatoms. The maximum Gasteiger partial charge on any atom is 0.191 e. The molecule has 3 heterocycles. The van der Waals surface area contributed by atoms with E-state index in [4.69, 9.17) is 9.73 Å². The van der Waals surface area contributed by atoms with Gasteiger partial charge in [-0.25, -0.2) is 4.99 Å². The van der Waals surface area contributed by atoms with E-state index in [0.717, 1.165) is 68.9 Å². The minimum Gasteiger partial charge on any atom is -0.496 e. The Hall–Kier alpha value is -2.61. The lowest BCUT2D eigenvalue weighted by Crippen LogP contribution is -2.42. The molecule has 30 heavy (non-hydrogen) atoms. The predicted molar refractivity (Wildman–Crippen MR) is 118 cm³/mol. The molecule has 1 unspecified atom stereocenters. The molecule has 1 fully saturated rings. The maximum absolute atomic E-state index is 5.66. The molecule has 2 aromatic rings. The van der Waals surface area contributed by atoms with Crippen LogP contribution in [0.2, 0.25) is 0 Å². The second-order valence-electron chi connectivity index (χ2n) is 7.86. The summed E-state index contributed by atoms with van der Waals surface area (Å²) in [6.45, 7) is 7.43. The number of hydrogen-bond acceptors (Lipinski definition) is 5. The highest BCUT2D eigenvalue weighted by molar-refractivity contribution is 5.79. The Labute approximate surface area is 178 Å². The number of benzene rings is 1. The smallest absolute Gasteiger partial charge is 0.191 e. The van der Waals surface area contributed by atoms with Gasteiger partial charge >= 0.3 is 0 Å². The van der Waals surface area contributed by atoms with Crippen LogP contribution in [0.5, 0.6) is 5.75 Å². The number of nitrogens with zero attached hydrogens (tertiary/aromatic N) is 5. The maximum atomic E-state index is 5.66. The number of guanidine groups is 1. The summed E-state index contributed by atoms with van der Waals surface area (Å²) in [7, 11) is 1.75. The Kier molecular flexibility index (Phi) is 6.84. The fraction of sp³-hybridized carbons (Fsp3) is 0.591. The average Bonchev–Trinajstić information content (AvgIpc) is 3.52. The number of nitrogens with one attached hydrogen (secondary N) is 2. The molecule has 8 nitrogen and oxygen atoms in total. The molecule has 2 N–H and O–H groups in total. The number of ether oxygens (including phenoxy) is 1. The first-order valence-corrected chi connectivity index (χ1v) is 11.1. The van der Waals surface area contributed by atoms with Crippen LogP contribution in [0.25, 0.3) is 0 Å². The Balaban J connectivity index is 1.48. The number of likely N-dealkylation sites (tertiary alicyclic amines) is 1. The summed E-state index contributed by atoms with van der Waals surface area (Å²) in [6, 6.07) is 8.58. The molecule has 0 aliphatic carbocycles. The zero-order valence-electron chi connectivity index (χ0n) is 18.1. The van der Waals surface area contributed by atoms with Gasteiger partial charge in [-0.2, -0.15) is 0 Å². The van der Waals surface area contributed by atoms with Crippen LogP contribution in [0.4, 0.5) is 0 Å². The number of aromatic nitrogens is 3. The monoisotopic (exact) mass is 411 g/mol. The molecule has 0 radical (unpaired) electrons. The van der Waals surface area contributed by atoms with Crippen LogP contribution in [0.15, 0.2) is 29.3 Å². The number of para-hydroxylation sites is 1. The Bertz CT molecular complexity index is 857. The van der Waals surface area contributed by atoms with Crippen molar-refractivity contribution in [3.05, 3.63) is 41.5 Å². The molecule has 4 rings (SSSR count). The average molecular weight is 412 g/mol. The number of methoxy groups -OCH3 is 1. The SMILES string of the molecule is CCNC(=NCc1nnc2n1CCC2)NCC(c1ccccc1OC)N1CCCC1. The summed E-state index contributed by atoms with van der Waals surface area (Å²) in [5.74, 6) is 3.79. The van der Waals surface area contributed by atoms with E-state index in [1.165, 1.54) is 18.4 Å². The van der Waals surface area contributed by atoms with Crippen molar-refractivity contribution in [3.63, 3.8) is 0 Å². The topological polar surface area (TPSA) is 79.6 Å². The van der Waals surface area contributed by atoms with Crippen LogP contribution in [-0.4, -0.2) is 58.9 Å². The molecule has 0 amide bonds. The van der Waals surface area contributed by atoms with Gasteiger partial charge in [-0.15, -0.1) is 10.2 Å². The molecule has 162 valence electrons. The summed E-state index contributed by atoms with van der Waals surface area (Å²) < 4.78 is 7.86. The molecule has 0 spiro atoms. The summed E-state index contributed by atoms with van der Waals surface area (Å²) in [5, 5.41) is 15.5. The van der Waals surface area contributed by atoms with Crippen molar-refractivity contribution in [1.29, 1.82) is 0 Å². The summed E-state index contributed by atoms with van der Waals surface area (Å²) in [4.78, 5) is 7.33. The number of aliphatic imine (C=N–C) groups is 1. The minimum atomic E-state index is 0.241. The molecule has 1 aromatic carbocycles. The fourth-order valence-electron chi connectivity index (χ4n) is 4.44. The Morgan fingerprint density at radius 1 is 1.13 bits per heavy atom. The summed E-state index contributed by atoms with van der Waals surface area (Å²) >= 11 is 0. The van der Waals surface area contributed by atoms with Gasteiger partial charge in [0.25, 0.3) is 0 Å². The van der Waals surface area contributed by atoms with Crippen molar-refractivity contribution in [1.82, 2.24) is 30.3 Å². The van der Waals surface area contributed by atoms with E-state index in [1.807, 2.05) is 12.1 Å². The van der Waals surface area contributed by atoms with E-state index in [9.17, 15) is 0 Å². The van der Waals surface area contributed by atoms with Gasteiger partial charge in [-0.1, -0.05) is 18.2 Å². The number of aryl methyl sites for hydroxylation is 1. The van der Waals surface area contributed by atoms with E-state index >= 15 is 0 Å². The lowest BCUT2D eigenvalue weighted by molar-refractivity contribution is 0.239. The molecule has 0 saturated carbocycles. The molecular weight excluding hydrogens is 378 g/mol. The molecular formula is C22H33N7O. The quantitative estimate of drug-likeness (QED) is 0.512. The third-order valence-corrected chi connectivity index (χ3v) is 5.95. The van der Waals surface area contributed by atoms with Gasteiger partial charge in [0.15, 0.2) is 11.8 Å². The van der Waals surface area contributed by atoms with Crippen molar-refractivity contribution in [2.24, 2.45) is 4.99 Å². The van der Waals surface area contributed by atoms with Crippen LogP contribution in [-0.2, 0) is 19.5 Å². The molecule has 0 bridgehead atoms. The predicted octanol–water partition coefficient (Wildman–Crippen LogP) is 2.13. The van der Waals surface area contributed by atoms with E-state index in [2.05, 4.69) is 49.4 Å². The first-order valence-electron chi connectivity index (χ1n) is 11.1. The van der Waals surface area contributed by atoms with Crippen LogP contribution < -0.4 is 15.4 Å². The van der Waals surface area contributed by atoms with Crippen molar-refractivity contribution >= 4 is 5.96 Å². The normalized spacial score (nSPS) is 17.7. The second kappa shape index (κ2) is 9.93. The third kappa shape index (κ3) is 4.59. The van der Waals surface area contributed by atoms with E-state index < -0.39 is 0 Å². The first kappa shape index (κ1) is 20.7. The zero-order chi connectivity index (χ0) is 20.8.